The molecule has 114 valence electrons. The van der Waals surface area contributed by atoms with Gasteiger partial charge in [-0.2, -0.15) is 0 Å². The maximum atomic E-state index is 11.9. The summed E-state index contributed by atoms with van der Waals surface area (Å²) in [5, 5.41) is 0. The Bertz CT molecular complexity index is 516. The second kappa shape index (κ2) is 6.05. The molecule has 1 aliphatic carbocycles. The van der Waals surface area contributed by atoms with Crippen LogP contribution in [-0.4, -0.2) is 12.6 Å². The molecular formula is C19H26O2. The average molecular weight is 286 g/mol. The van der Waals surface area contributed by atoms with Crippen molar-refractivity contribution in [3.63, 3.8) is 0 Å². The molecule has 2 nitrogen and oxygen atoms in total. The molecule has 1 aromatic rings. The third kappa shape index (κ3) is 3.37. The Morgan fingerprint density at radius 1 is 1.29 bits per heavy atom. The van der Waals surface area contributed by atoms with Gasteiger partial charge in [-0.3, -0.25) is 0 Å². The summed E-state index contributed by atoms with van der Waals surface area (Å²) in [6, 6.07) is 9.79. The third-order valence-electron chi connectivity index (χ3n) is 5.66. The monoisotopic (exact) mass is 286 g/mol. The van der Waals surface area contributed by atoms with Crippen molar-refractivity contribution in [3.05, 3.63) is 42.0 Å². The van der Waals surface area contributed by atoms with E-state index in [1.54, 1.807) is 6.08 Å². The Hall–Kier alpha value is -1.57. The van der Waals surface area contributed by atoms with Crippen molar-refractivity contribution in [2.24, 2.45) is 16.7 Å². The molecule has 0 aliphatic heterocycles. The topological polar surface area (TPSA) is 26.3 Å². The van der Waals surface area contributed by atoms with Crippen LogP contribution in [0.2, 0.25) is 0 Å². The molecule has 0 unspecified atom stereocenters. The summed E-state index contributed by atoms with van der Waals surface area (Å²) >= 11 is 0. The molecule has 0 N–H and O–H groups in total. The zero-order valence-electron chi connectivity index (χ0n) is 13.6. The van der Waals surface area contributed by atoms with Gasteiger partial charge < -0.3 is 4.74 Å². The van der Waals surface area contributed by atoms with E-state index in [9.17, 15) is 4.79 Å². The van der Waals surface area contributed by atoms with Crippen LogP contribution in [0, 0.1) is 16.7 Å². The fourth-order valence-corrected chi connectivity index (χ4v) is 3.08. The number of rotatable bonds is 4. The zero-order chi connectivity index (χ0) is 15.5. The molecule has 1 aromatic carbocycles. The number of benzene rings is 1. The Balaban J connectivity index is 1.91. The Morgan fingerprint density at radius 2 is 1.95 bits per heavy atom. The van der Waals surface area contributed by atoms with Gasteiger partial charge in [-0.05, 0) is 35.8 Å². The van der Waals surface area contributed by atoms with E-state index in [1.807, 2.05) is 30.3 Å². The van der Waals surface area contributed by atoms with E-state index in [2.05, 4.69) is 27.7 Å². The summed E-state index contributed by atoms with van der Waals surface area (Å²) in [6.45, 7) is 9.62. The van der Waals surface area contributed by atoms with Crippen LogP contribution in [0.1, 0.15) is 46.1 Å². The summed E-state index contributed by atoms with van der Waals surface area (Å²) in [7, 11) is 0. The molecule has 0 aromatic heterocycles. The summed E-state index contributed by atoms with van der Waals surface area (Å²) in [4.78, 5) is 11.9. The lowest BCUT2D eigenvalue weighted by molar-refractivity contribution is -0.143. The minimum absolute atomic E-state index is 0.0721. The van der Waals surface area contributed by atoms with Gasteiger partial charge in [0.15, 0.2) is 0 Å². The van der Waals surface area contributed by atoms with Crippen molar-refractivity contribution in [1.82, 2.24) is 0 Å². The van der Waals surface area contributed by atoms with Gasteiger partial charge in [0.05, 0.1) is 6.61 Å². The van der Waals surface area contributed by atoms with E-state index in [0.29, 0.717) is 12.5 Å². The molecular weight excluding hydrogens is 260 g/mol. The van der Waals surface area contributed by atoms with Gasteiger partial charge in [-0.25, -0.2) is 4.79 Å². The Morgan fingerprint density at radius 3 is 2.52 bits per heavy atom. The highest BCUT2D eigenvalue weighted by atomic mass is 16.5. The first kappa shape index (κ1) is 15.8. The molecule has 0 heterocycles. The lowest BCUT2D eigenvalue weighted by Crippen LogP contribution is -2.37. The first-order chi connectivity index (χ1) is 9.85. The minimum Gasteiger partial charge on any atom is -0.462 e. The summed E-state index contributed by atoms with van der Waals surface area (Å²) in [6.07, 6.45) is 5.65. The quantitative estimate of drug-likeness (QED) is 0.592. The lowest BCUT2D eigenvalue weighted by atomic mass is 9.66. The van der Waals surface area contributed by atoms with Gasteiger partial charge in [-0.1, -0.05) is 58.0 Å². The largest absolute Gasteiger partial charge is 0.462 e. The molecule has 0 bridgehead atoms. The van der Waals surface area contributed by atoms with E-state index >= 15 is 0 Å². The second-order valence-electron chi connectivity index (χ2n) is 7.07. The van der Waals surface area contributed by atoms with E-state index in [1.165, 1.54) is 12.5 Å². The zero-order valence-corrected chi connectivity index (χ0v) is 13.6. The van der Waals surface area contributed by atoms with E-state index in [4.69, 9.17) is 4.74 Å². The van der Waals surface area contributed by atoms with Crippen molar-refractivity contribution >= 4 is 12.0 Å². The van der Waals surface area contributed by atoms with Gasteiger partial charge in [0, 0.05) is 11.5 Å². The van der Waals surface area contributed by atoms with Crippen molar-refractivity contribution < 1.29 is 9.53 Å². The molecule has 0 spiro atoms. The van der Waals surface area contributed by atoms with Gasteiger partial charge in [0.2, 0.25) is 0 Å². The molecule has 1 saturated carbocycles. The van der Waals surface area contributed by atoms with Crippen LogP contribution in [0.25, 0.3) is 6.08 Å². The van der Waals surface area contributed by atoms with Crippen molar-refractivity contribution in [1.29, 1.82) is 0 Å². The molecule has 2 rings (SSSR count). The normalized spacial score (nSPS) is 27.9. The fraction of sp³-hybridized carbons (Fsp3) is 0.526. The third-order valence-corrected chi connectivity index (χ3v) is 5.66. The number of hydrogen-bond donors (Lipinski definition) is 0. The highest BCUT2D eigenvalue weighted by Crippen LogP contribution is 2.55. The molecule has 0 radical (unpaired) electrons. The SMILES string of the molecule is C[C@H]1CC[C@@](C)(COC(=O)/C=C/c2ccccc2)C1(C)C. The molecule has 0 amide bonds. The highest BCUT2D eigenvalue weighted by Gasteiger charge is 2.50. The number of carbonyl (C=O) groups excluding carboxylic acids is 1. The van der Waals surface area contributed by atoms with Crippen LogP contribution in [-0.2, 0) is 9.53 Å². The molecule has 1 aliphatic rings. The summed E-state index contributed by atoms with van der Waals surface area (Å²) < 4.78 is 5.51. The molecule has 0 saturated heterocycles. The van der Waals surface area contributed by atoms with Crippen LogP contribution < -0.4 is 0 Å². The van der Waals surface area contributed by atoms with E-state index in [0.717, 1.165) is 12.0 Å². The summed E-state index contributed by atoms with van der Waals surface area (Å²) in [5.41, 5.74) is 1.29. The number of esters is 1. The van der Waals surface area contributed by atoms with Crippen LogP contribution >= 0.6 is 0 Å². The Labute approximate surface area is 128 Å². The molecule has 2 heteroatoms. The maximum Gasteiger partial charge on any atom is 0.330 e. The first-order valence-electron chi connectivity index (χ1n) is 7.75. The number of ether oxygens (including phenoxy) is 1. The number of carbonyl (C=O) groups is 1. The minimum atomic E-state index is -0.254. The maximum absolute atomic E-state index is 11.9. The lowest BCUT2D eigenvalue weighted by Gasteiger charge is -2.40. The highest BCUT2D eigenvalue weighted by molar-refractivity contribution is 5.87. The van der Waals surface area contributed by atoms with Crippen molar-refractivity contribution in [2.75, 3.05) is 6.61 Å². The van der Waals surface area contributed by atoms with Crippen LogP contribution in [0.4, 0.5) is 0 Å². The predicted molar refractivity (Wildman–Crippen MR) is 86.7 cm³/mol. The van der Waals surface area contributed by atoms with Crippen LogP contribution in [0.3, 0.4) is 0 Å². The van der Waals surface area contributed by atoms with Gasteiger partial charge >= 0.3 is 5.97 Å². The number of hydrogen-bond acceptors (Lipinski definition) is 2. The van der Waals surface area contributed by atoms with Crippen molar-refractivity contribution in [2.45, 2.75) is 40.5 Å². The van der Waals surface area contributed by atoms with Gasteiger partial charge in [0.1, 0.15) is 0 Å². The average Bonchev–Trinajstić information content (AvgIpc) is 2.68. The Kier molecular flexibility index (Phi) is 4.55. The molecule has 21 heavy (non-hydrogen) atoms. The molecule has 1 fully saturated rings. The van der Waals surface area contributed by atoms with Gasteiger partial charge in [-0.15, -0.1) is 0 Å². The van der Waals surface area contributed by atoms with Crippen LogP contribution in [0.15, 0.2) is 36.4 Å². The first-order valence-corrected chi connectivity index (χ1v) is 7.75. The molecule has 2 atom stereocenters. The van der Waals surface area contributed by atoms with E-state index < -0.39 is 0 Å². The van der Waals surface area contributed by atoms with Crippen LogP contribution in [0.5, 0.6) is 0 Å². The smallest absolute Gasteiger partial charge is 0.330 e. The van der Waals surface area contributed by atoms with Crippen molar-refractivity contribution in [3.8, 4) is 0 Å². The second-order valence-corrected chi connectivity index (χ2v) is 7.07. The summed E-state index contributed by atoms with van der Waals surface area (Å²) in [5.74, 6) is 0.413. The fourth-order valence-electron chi connectivity index (χ4n) is 3.08. The van der Waals surface area contributed by atoms with E-state index in [-0.39, 0.29) is 16.8 Å². The van der Waals surface area contributed by atoms with Gasteiger partial charge in [0.25, 0.3) is 0 Å². The predicted octanol–water partition coefficient (Wildman–Crippen LogP) is 4.71. The standard InChI is InChI=1S/C19H26O2/c1-15-12-13-19(4,18(15,2)3)14-21-17(20)11-10-16-8-6-5-7-9-16/h5-11,15H,12-14H2,1-4H3/b11-10+/t15-,19-/m0/s1.